The summed E-state index contributed by atoms with van der Waals surface area (Å²) in [6, 6.07) is 12.3. The first-order valence-corrected chi connectivity index (χ1v) is 13.6. The zero-order valence-electron chi connectivity index (χ0n) is 21.7. The van der Waals surface area contributed by atoms with E-state index in [1.54, 1.807) is 0 Å². The molecule has 0 aliphatic rings. The molecular formula is C30H48N2O2. The summed E-state index contributed by atoms with van der Waals surface area (Å²) in [5.74, 6) is 0.177. The molecule has 190 valence electrons. The zero-order chi connectivity index (χ0) is 24.9. The summed E-state index contributed by atoms with van der Waals surface area (Å²) in [6.45, 7) is 6.56. The van der Waals surface area contributed by atoms with Crippen LogP contribution in [-0.2, 0) is 0 Å². The van der Waals surface area contributed by atoms with E-state index in [1.165, 1.54) is 24.0 Å². The van der Waals surface area contributed by atoms with Gasteiger partial charge in [0, 0.05) is 28.4 Å². The highest BCUT2D eigenvalue weighted by atomic mass is 16.3. The van der Waals surface area contributed by atoms with Crippen molar-refractivity contribution < 1.29 is 10.2 Å². The Bertz CT molecular complexity index is 786. The first kappa shape index (κ1) is 28.2. The van der Waals surface area contributed by atoms with Gasteiger partial charge in [0.15, 0.2) is 0 Å². The first-order chi connectivity index (χ1) is 16.4. The fraction of sp³-hybridized carbons (Fsp3) is 0.600. The molecule has 0 bridgehead atoms. The number of rotatable bonds is 16. The summed E-state index contributed by atoms with van der Waals surface area (Å²) in [7, 11) is 0. The fourth-order valence-corrected chi connectivity index (χ4v) is 4.81. The van der Waals surface area contributed by atoms with Gasteiger partial charge in [0.05, 0.1) is 12.2 Å². The van der Waals surface area contributed by atoms with Gasteiger partial charge in [0.2, 0.25) is 0 Å². The van der Waals surface area contributed by atoms with Gasteiger partial charge in [-0.2, -0.15) is 0 Å². The van der Waals surface area contributed by atoms with Gasteiger partial charge in [-0.05, 0) is 42.5 Å². The van der Waals surface area contributed by atoms with Crippen LogP contribution >= 0.6 is 0 Å². The predicted molar refractivity (Wildman–Crippen MR) is 146 cm³/mol. The van der Waals surface area contributed by atoms with Crippen LogP contribution in [0.1, 0.15) is 138 Å². The van der Waals surface area contributed by atoms with Crippen LogP contribution in [0.2, 0.25) is 0 Å². The van der Waals surface area contributed by atoms with E-state index in [2.05, 4.69) is 45.0 Å². The molecule has 2 atom stereocenters. The summed E-state index contributed by atoms with van der Waals surface area (Å²) < 4.78 is 0. The number of benzene rings is 2. The molecule has 4 nitrogen and oxygen atoms in total. The highest BCUT2D eigenvalue weighted by molar-refractivity contribution is 5.54. The molecule has 0 fully saturated rings. The lowest BCUT2D eigenvalue weighted by atomic mass is 9.83. The lowest BCUT2D eigenvalue weighted by Crippen LogP contribution is -2.09. The van der Waals surface area contributed by atoms with Crippen molar-refractivity contribution in [3.05, 3.63) is 58.7 Å². The fourth-order valence-electron chi connectivity index (χ4n) is 4.81. The van der Waals surface area contributed by atoms with Gasteiger partial charge in [0.25, 0.3) is 0 Å². The third-order valence-corrected chi connectivity index (χ3v) is 7.00. The van der Waals surface area contributed by atoms with Crippen LogP contribution in [0.25, 0.3) is 0 Å². The maximum Gasteiger partial charge on any atom is 0.0810 e. The summed E-state index contributed by atoms with van der Waals surface area (Å²) in [5, 5.41) is 21.7. The molecule has 0 spiro atoms. The normalized spacial score (nSPS) is 14.1. The van der Waals surface area contributed by atoms with Gasteiger partial charge < -0.3 is 21.7 Å². The average Bonchev–Trinajstić information content (AvgIpc) is 2.83. The van der Waals surface area contributed by atoms with E-state index in [9.17, 15) is 10.2 Å². The summed E-state index contributed by atoms with van der Waals surface area (Å²) in [6.07, 6.45) is 11.4. The third kappa shape index (κ3) is 8.32. The number of nitrogen functional groups attached to an aromatic ring is 2. The second-order valence-electron chi connectivity index (χ2n) is 9.85. The van der Waals surface area contributed by atoms with Crippen LogP contribution < -0.4 is 11.5 Å². The van der Waals surface area contributed by atoms with Crippen molar-refractivity contribution in [1.82, 2.24) is 0 Å². The Labute approximate surface area is 207 Å². The SMILES string of the molecule is CCCCCC(O)c1cc(C(CCCCC)c2ccc(N)c(C(O)CCCCC)c2)ccc1N. The average molecular weight is 469 g/mol. The van der Waals surface area contributed by atoms with Gasteiger partial charge in [0.1, 0.15) is 0 Å². The number of unbranched alkanes of at least 4 members (excludes halogenated alkanes) is 6. The van der Waals surface area contributed by atoms with Crippen molar-refractivity contribution in [3.63, 3.8) is 0 Å². The lowest BCUT2D eigenvalue weighted by Gasteiger charge is -2.23. The Balaban J connectivity index is 2.37. The van der Waals surface area contributed by atoms with Crippen LogP contribution in [0, 0.1) is 0 Å². The second-order valence-corrected chi connectivity index (χ2v) is 9.85. The molecule has 2 aromatic carbocycles. The van der Waals surface area contributed by atoms with Crippen LogP contribution in [0.3, 0.4) is 0 Å². The molecule has 34 heavy (non-hydrogen) atoms. The highest BCUT2D eigenvalue weighted by Gasteiger charge is 2.20. The number of aliphatic hydroxyl groups is 2. The van der Waals surface area contributed by atoms with Crippen molar-refractivity contribution in [1.29, 1.82) is 0 Å². The van der Waals surface area contributed by atoms with Crippen LogP contribution in [0.15, 0.2) is 36.4 Å². The van der Waals surface area contributed by atoms with Crippen molar-refractivity contribution >= 4 is 11.4 Å². The number of aliphatic hydroxyl groups excluding tert-OH is 2. The Kier molecular flexibility index (Phi) is 12.5. The van der Waals surface area contributed by atoms with Crippen molar-refractivity contribution in [3.8, 4) is 0 Å². The van der Waals surface area contributed by atoms with Crippen LogP contribution in [0.4, 0.5) is 11.4 Å². The van der Waals surface area contributed by atoms with Crippen LogP contribution in [-0.4, -0.2) is 10.2 Å². The molecule has 6 N–H and O–H groups in total. The minimum atomic E-state index is -0.537. The molecule has 0 radical (unpaired) electrons. The number of hydrogen-bond donors (Lipinski definition) is 4. The third-order valence-electron chi connectivity index (χ3n) is 7.00. The molecule has 2 aromatic rings. The largest absolute Gasteiger partial charge is 0.398 e. The Morgan fingerprint density at radius 1 is 0.588 bits per heavy atom. The molecular weight excluding hydrogens is 420 g/mol. The highest BCUT2D eigenvalue weighted by Crippen LogP contribution is 2.37. The summed E-state index contributed by atoms with van der Waals surface area (Å²) in [5.41, 5.74) is 17.9. The lowest BCUT2D eigenvalue weighted by molar-refractivity contribution is 0.164. The topological polar surface area (TPSA) is 92.5 Å². The Morgan fingerprint density at radius 2 is 0.971 bits per heavy atom. The van der Waals surface area contributed by atoms with Gasteiger partial charge in [-0.3, -0.25) is 0 Å². The molecule has 0 aliphatic heterocycles. The van der Waals surface area contributed by atoms with E-state index in [0.29, 0.717) is 11.4 Å². The quantitative estimate of drug-likeness (QED) is 0.149. The maximum absolute atomic E-state index is 10.8. The second kappa shape index (κ2) is 15.1. The van der Waals surface area contributed by atoms with E-state index in [0.717, 1.165) is 75.3 Å². The molecule has 0 saturated carbocycles. The van der Waals surface area contributed by atoms with E-state index in [1.807, 2.05) is 12.1 Å². The van der Waals surface area contributed by atoms with E-state index < -0.39 is 12.2 Å². The Morgan fingerprint density at radius 3 is 1.35 bits per heavy atom. The standard InChI is InChI=1S/C30H48N2O2/c1-4-7-10-13-24(22-16-18-27(31)25(20-22)29(33)14-11-8-5-2)23-17-19-28(32)26(21-23)30(34)15-12-9-6-3/h16-21,24,29-30,33-34H,4-15,31-32H2,1-3H3. The van der Waals surface area contributed by atoms with Gasteiger partial charge in [-0.1, -0.05) is 103 Å². The number of anilines is 2. The smallest absolute Gasteiger partial charge is 0.0810 e. The van der Waals surface area contributed by atoms with E-state index in [-0.39, 0.29) is 5.92 Å². The number of hydrogen-bond acceptors (Lipinski definition) is 4. The molecule has 0 amide bonds. The molecule has 2 unspecified atom stereocenters. The summed E-state index contributed by atoms with van der Waals surface area (Å²) >= 11 is 0. The molecule has 0 aromatic heterocycles. The van der Waals surface area contributed by atoms with Crippen molar-refractivity contribution in [2.24, 2.45) is 0 Å². The monoisotopic (exact) mass is 468 g/mol. The summed E-state index contributed by atoms with van der Waals surface area (Å²) in [4.78, 5) is 0. The van der Waals surface area contributed by atoms with Crippen LogP contribution in [0.5, 0.6) is 0 Å². The molecule has 0 aliphatic carbocycles. The molecule has 2 rings (SSSR count). The first-order valence-electron chi connectivity index (χ1n) is 13.6. The number of nitrogens with two attached hydrogens (primary N) is 2. The van der Waals surface area contributed by atoms with Gasteiger partial charge in [-0.15, -0.1) is 0 Å². The predicted octanol–water partition coefficient (Wildman–Crippen LogP) is 7.79. The Hall–Kier alpha value is -2.04. The molecule has 4 heteroatoms. The van der Waals surface area contributed by atoms with Gasteiger partial charge in [-0.25, -0.2) is 0 Å². The molecule has 0 saturated heterocycles. The maximum atomic E-state index is 10.8. The van der Waals surface area contributed by atoms with Crippen molar-refractivity contribution in [2.45, 2.75) is 116 Å². The van der Waals surface area contributed by atoms with E-state index in [4.69, 9.17) is 11.5 Å². The van der Waals surface area contributed by atoms with Crippen molar-refractivity contribution in [2.75, 3.05) is 11.5 Å². The molecule has 0 heterocycles. The van der Waals surface area contributed by atoms with Gasteiger partial charge >= 0.3 is 0 Å². The van der Waals surface area contributed by atoms with E-state index >= 15 is 0 Å². The minimum absolute atomic E-state index is 0.177. The zero-order valence-corrected chi connectivity index (χ0v) is 21.7. The minimum Gasteiger partial charge on any atom is -0.398 e.